The van der Waals surface area contributed by atoms with Gasteiger partial charge in [0.25, 0.3) is 5.91 Å². The summed E-state index contributed by atoms with van der Waals surface area (Å²) in [6.07, 6.45) is 6.20. The van der Waals surface area contributed by atoms with E-state index in [1.807, 2.05) is 35.0 Å². The van der Waals surface area contributed by atoms with Crippen LogP contribution in [-0.4, -0.2) is 32.3 Å². The highest BCUT2D eigenvalue weighted by Crippen LogP contribution is 2.08. The molecule has 3 aromatic rings. The molecule has 0 radical (unpaired) electrons. The lowest BCUT2D eigenvalue weighted by Crippen LogP contribution is -2.25. The minimum absolute atomic E-state index is 0.137. The van der Waals surface area contributed by atoms with Gasteiger partial charge in [-0.3, -0.25) is 9.00 Å². The van der Waals surface area contributed by atoms with Crippen LogP contribution in [0.2, 0.25) is 0 Å². The molecule has 1 atom stereocenters. The molecule has 2 aromatic heterocycles. The first-order chi connectivity index (χ1) is 11.1. The number of carbonyl (C=O) groups is 1. The number of carbonyl (C=O) groups excluding carboxylic acids is 1. The Kier molecular flexibility index (Phi) is 4.52. The number of aromatic nitrogens is 2. The molecule has 0 saturated carbocycles. The van der Waals surface area contributed by atoms with Crippen LogP contribution in [0.5, 0.6) is 0 Å². The molecule has 1 aromatic carbocycles. The molecule has 0 spiro atoms. The van der Waals surface area contributed by atoms with Gasteiger partial charge in [0.2, 0.25) is 0 Å². The number of imidazole rings is 1. The van der Waals surface area contributed by atoms with E-state index in [-0.39, 0.29) is 5.91 Å². The summed E-state index contributed by atoms with van der Waals surface area (Å²) >= 11 is 0. The predicted octanol–water partition coefficient (Wildman–Crippen LogP) is 2.04. The van der Waals surface area contributed by atoms with E-state index >= 15 is 0 Å². The van der Waals surface area contributed by atoms with Crippen molar-refractivity contribution in [3.8, 4) is 0 Å². The second-order valence-corrected chi connectivity index (χ2v) is 6.56. The zero-order valence-corrected chi connectivity index (χ0v) is 13.5. The molecule has 1 unspecified atom stereocenters. The second kappa shape index (κ2) is 6.75. The largest absolute Gasteiger partial charge is 0.352 e. The Morgan fingerprint density at radius 3 is 2.70 bits per heavy atom. The molecule has 118 valence electrons. The van der Waals surface area contributed by atoms with Crippen LogP contribution in [-0.2, 0) is 17.2 Å². The minimum atomic E-state index is -1.03. The molecule has 0 fully saturated rings. The Hall–Kier alpha value is -2.47. The van der Waals surface area contributed by atoms with Gasteiger partial charge in [-0.2, -0.15) is 0 Å². The number of benzene rings is 1. The average Bonchev–Trinajstić information content (AvgIpc) is 2.97. The lowest BCUT2D eigenvalue weighted by atomic mass is 10.2. The molecular weight excluding hydrogens is 310 g/mol. The van der Waals surface area contributed by atoms with Crippen molar-refractivity contribution in [2.24, 2.45) is 0 Å². The molecule has 5 nitrogen and oxygen atoms in total. The van der Waals surface area contributed by atoms with E-state index in [1.165, 1.54) is 0 Å². The van der Waals surface area contributed by atoms with Crippen molar-refractivity contribution >= 4 is 22.4 Å². The lowest BCUT2D eigenvalue weighted by Gasteiger charge is -2.04. The van der Waals surface area contributed by atoms with Crippen LogP contribution in [0.25, 0.3) is 5.65 Å². The van der Waals surface area contributed by atoms with Crippen LogP contribution in [0.3, 0.4) is 0 Å². The summed E-state index contributed by atoms with van der Waals surface area (Å²) in [4.78, 5) is 17.3. The smallest absolute Gasteiger partial charge is 0.251 e. The van der Waals surface area contributed by atoms with Crippen LogP contribution < -0.4 is 5.32 Å². The van der Waals surface area contributed by atoms with Crippen molar-refractivity contribution in [1.29, 1.82) is 0 Å². The van der Waals surface area contributed by atoms with E-state index < -0.39 is 10.8 Å². The van der Waals surface area contributed by atoms with Gasteiger partial charge in [-0.25, -0.2) is 4.98 Å². The molecule has 2 heterocycles. The van der Waals surface area contributed by atoms with Gasteiger partial charge in [-0.05, 0) is 36.4 Å². The normalized spacial score (nSPS) is 12.2. The highest BCUT2D eigenvalue weighted by Gasteiger charge is 2.07. The third-order valence-electron chi connectivity index (χ3n) is 3.53. The van der Waals surface area contributed by atoms with E-state index in [1.54, 1.807) is 30.5 Å². The summed E-state index contributed by atoms with van der Waals surface area (Å²) in [6, 6.07) is 12.7. The molecular formula is C17H17N3O2S. The fourth-order valence-electron chi connectivity index (χ4n) is 2.31. The van der Waals surface area contributed by atoms with Crippen molar-refractivity contribution in [3.63, 3.8) is 0 Å². The Morgan fingerprint density at radius 2 is 2.00 bits per heavy atom. The third-order valence-corrected chi connectivity index (χ3v) is 4.47. The van der Waals surface area contributed by atoms with Gasteiger partial charge in [0.05, 0.1) is 5.69 Å². The Bertz CT molecular complexity index is 823. The van der Waals surface area contributed by atoms with Gasteiger partial charge in [0.1, 0.15) is 5.65 Å². The number of nitrogens with one attached hydrogen (secondary N) is 1. The highest BCUT2D eigenvalue weighted by atomic mass is 32.2. The number of hydrogen-bond acceptors (Lipinski definition) is 3. The van der Waals surface area contributed by atoms with Crippen molar-refractivity contribution < 1.29 is 9.00 Å². The van der Waals surface area contributed by atoms with Gasteiger partial charge in [-0.1, -0.05) is 6.07 Å². The molecule has 0 saturated heterocycles. The Labute approximate surface area is 136 Å². The average molecular weight is 327 g/mol. The summed E-state index contributed by atoms with van der Waals surface area (Å²) < 4.78 is 13.3. The maximum absolute atomic E-state index is 12.1. The van der Waals surface area contributed by atoms with E-state index in [0.29, 0.717) is 23.4 Å². The van der Waals surface area contributed by atoms with Crippen LogP contribution in [0, 0.1) is 0 Å². The van der Waals surface area contributed by atoms with E-state index in [9.17, 15) is 9.00 Å². The molecule has 0 aliphatic carbocycles. The topological polar surface area (TPSA) is 63.5 Å². The number of amides is 1. The molecule has 0 aliphatic rings. The Balaban J connectivity index is 1.57. The van der Waals surface area contributed by atoms with Crippen molar-refractivity contribution in [3.05, 3.63) is 66.1 Å². The highest BCUT2D eigenvalue weighted by molar-refractivity contribution is 7.84. The summed E-state index contributed by atoms with van der Waals surface area (Å²) in [5.74, 6) is -0.137. The molecule has 0 bridgehead atoms. The number of nitrogens with zero attached hydrogens (tertiary/aromatic N) is 2. The lowest BCUT2D eigenvalue weighted by molar-refractivity contribution is 0.0954. The van der Waals surface area contributed by atoms with Gasteiger partial charge < -0.3 is 9.72 Å². The van der Waals surface area contributed by atoms with Gasteiger partial charge >= 0.3 is 0 Å². The zero-order chi connectivity index (χ0) is 16.2. The molecule has 1 amide bonds. The van der Waals surface area contributed by atoms with Crippen molar-refractivity contribution in [1.82, 2.24) is 14.7 Å². The first-order valence-electron chi connectivity index (χ1n) is 7.28. The number of hydrogen-bond donors (Lipinski definition) is 1. The third kappa shape index (κ3) is 3.65. The molecule has 6 heteroatoms. The summed E-state index contributed by atoms with van der Waals surface area (Å²) in [7, 11) is -1.03. The Morgan fingerprint density at radius 1 is 1.22 bits per heavy atom. The maximum Gasteiger partial charge on any atom is 0.251 e. The van der Waals surface area contributed by atoms with Crippen molar-refractivity contribution in [2.45, 2.75) is 11.3 Å². The van der Waals surface area contributed by atoms with E-state index in [0.717, 1.165) is 11.3 Å². The van der Waals surface area contributed by atoms with Crippen LogP contribution in [0.4, 0.5) is 0 Å². The summed E-state index contributed by atoms with van der Waals surface area (Å²) in [6.45, 7) is 0.518. The standard InChI is InChI=1S/C17H17N3O2S/c1-23(22)15-7-5-13(6-8-15)17(21)18-10-9-14-12-20-11-3-2-4-16(20)19-14/h2-8,11-12H,9-10H2,1H3,(H,18,21). The summed E-state index contributed by atoms with van der Waals surface area (Å²) in [5, 5.41) is 2.88. The molecule has 1 N–H and O–H groups in total. The van der Waals surface area contributed by atoms with Crippen LogP contribution in [0.1, 0.15) is 16.1 Å². The van der Waals surface area contributed by atoms with E-state index in [4.69, 9.17) is 0 Å². The fraction of sp³-hybridized carbons (Fsp3) is 0.176. The van der Waals surface area contributed by atoms with Gasteiger partial charge in [0, 0.05) is 52.9 Å². The van der Waals surface area contributed by atoms with Gasteiger partial charge in [-0.15, -0.1) is 0 Å². The van der Waals surface area contributed by atoms with Crippen molar-refractivity contribution in [2.75, 3.05) is 12.8 Å². The second-order valence-electron chi connectivity index (χ2n) is 5.18. The number of rotatable bonds is 5. The first kappa shape index (κ1) is 15.4. The summed E-state index contributed by atoms with van der Waals surface area (Å²) in [5.41, 5.74) is 2.40. The van der Waals surface area contributed by atoms with Crippen LogP contribution >= 0.6 is 0 Å². The fourth-order valence-corrected chi connectivity index (χ4v) is 2.83. The monoisotopic (exact) mass is 327 g/mol. The number of fused-ring (bicyclic) bond motifs is 1. The quantitative estimate of drug-likeness (QED) is 0.780. The SMILES string of the molecule is CS(=O)c1ccc(C(=O)NCCc2cn3ccccc3n2)cc1. The molecule has 3 rings (SSSR count). The first-order valence-corrected chi connectivity index (χ1v) is 8.83. The minimum Gasteiger partial charge on any atom is -0.352 e. The van der Waals surface area contributed by atoms with Crippen LogP contribution in [0.15, 0.2) is 59.8 Å². The van der Waals surface area contributed by atoms with Gasteiger partial charge in [0.15, 0.2) is 0 Å². The molecule has 23 heavy (non-hydrogen) atoms. The maximum atomic E-state index is 12.1. The zero-order valence-electron chi connectivity index (χ0n) is 12.7. The van der Waals surface area contributed by atoms with E-state index in [2.05, 4.69) is 10.3 Å². The predicted molar refractivity (Wildman–Crippen MR) is 90.0 cm³/mol. The molecule has 0 aliphatic heterocycles. The number of pyridine rings is 1.